The van der Waals surface area contributed by atoms with Crippen LogP contribution in [-0.2, 0) is 11.2 Å². The number of benzene rings is 1. The van der Waals surface area contributed by atoms with Crippen molar-refractivity contribution in [3.05, 3.63) is 35.9 Å². The fraction of sp³-hybridized carbons (Fsp3) is 0.462. The van der Waals surface area contributed by atoms with Crippen molar-refractivity contribution in [2.45, 2.75) is 20.3 Å². The number of carbonyl (C=O) groups excluding carboxylic acids is 1. The molecule has 1 aromatic rings. The van der Waals surface area contributed by atoms with Crippen LogP contribution in [0.4, 0.5) is 4.79 Å². The van der Waals surface area contributed by atoms with Crippen molar-refractivity contribution in [3.63, 3.8) is 0 Å². The first kappa shape index (κ1) is 12.6. The van der Waals surface area contributed by atoms with Crippen LogP contribution in [0.3, 0.4) is 0 Å². The summed E-state index contributed by atoms with van der Waals surface area (Å²) in [5.74, 6) is 0.446. The fourth-order valence-electron chi connectivity index (χ4n) is 1.24. The van der Waals surface area contributed by atoms with Crippen LogP contribution < -0.4 is 5.32 Å². The molecule has 0 radical (unpaired) electrons. The zero-order chi connectivity index (χ0) is 11.8. The molecule has 0 bridgehead atoms. The molecule has 3 nitrogen and oxygen atoms in total. The molecule has 1 rings (SSSR count). The Morgan fingerprint density at radius 1 is 1.31 bits per heavy atom. The summed E-state index contributed by atoms with van der Waals surface area (Å²) in [6, 6.07) is 9.98. The van der Waals surface area contributed by atoms with Crippen LogP contribution in [0.1, 0.15) is 19.4 Å². The summed E-state index contributed by atoms with van der Waals surface area (Å²) in [7, 11) is 0. The lowest BCUT2D eigenvalue weighted by atomic mass is 10.2. The van der Waals surface area contributed by atoms with Crippen molar-refractivity contribution < 1.29 is 9.53 Å². The second-order valence-corrected chi connectivity index (χ2v) is 4.15. The number of alkyl carbamates (subject to hydrolysis) is 1. The Bertz CT molecular complexity index is 309. The van der Waals surface area contributed by atoms with E-state index in [1.54, 1.807) is 0 Å². The largest absolute Gasteiger partial charge is 0.449 e. The van der Waals surface area contributed by atoms with Gasteiger partial charge in [0.05, 0.1) is 6.61 Å². The van der Waals surface area contributed by atoms with Crippen molar-refractivity contribution in [3.8, 4) is 0 Å². The Morgan fingerprint density at radius 3 is 2.62 bits per heavy atom. The minimum atomic E-state index is -0.329. The highest BCUT2D eigenvalue weighted by Gasteiger charge is 2.02. The third kappa shape index (κ3) is 5.39. The van der Waals surface area contributed by atoms with Gasteiger partial charge in [-0.1, -0.05) is 44.2 Å². The van der Waals surface area contributed by atoms with E-state index >= 15 is 0 Å². The highest BCUT2D eigenvalue weighted by Crippen LogP contribution is 1.99. The first-order valence-electron chi connectivity index (χ1n) is 5.63. The van der Waals surface area contributed by atoms with E-state index in [2.05, 4.69) is 5.32 Å². The van der Waals surface area contributed by atoms with Crippen molar-refractivity contribution in [2.75, 3.05) is 13.2 Å². The Labute approximate surface area is 96.8 Å². The number of hydrogen-bond acceptors (Lipinski definition) is 2. The maximum atomic E-state index is 11.2. The van der Waals surface area contributed by atoms with Gasteiger partial charge in [0.25, 0.3) is 0 Å². The Kier molecular flexibility index (Phi) is 5.40. The summed E-state index contributed by atoms with van der Waals surface area (Å²) in [6.07, 6.45) is 0.431. The predicted octanol–water partition coefficient (Wildman–Crippen LogP) is 2.61. The number of hydrogen-bond donors (Lipinski definition) is 1. The number of rotatable bonds is 5. The zero-order valence-electron chi connectivity index (χ0n) is 9.90. The lowest BCUT2D eigenvalue weighted by Crippen LogP contribution is -2.28. The van der Waals surface area contributed by atoms with Gasteiger partial charge < -0.3 is 10.1 Å². The molecule has 0 fully saturated rings. The summed E-state index contributed by atoms with van der Waals surface area (Å²) in [5.41, 5.74) is 1.18. The second kappa shape index (κ2) is 6.88. The van der Waals surface area contributed by atoms with Crippen molar-refractivity contribution in [2.24, 2.45) is 5.92 Å². The topological polar surface area (TPSA) is 38.3 Å². The van der Waals surface area contributed by atoms with Crippen LogP contribution in [0.25, 0.3) is 0 Å². The molecular weight excluding hydrogens is 202 g/mol. The van der Waals surface area contributed by atoms with E-state index in [1.807, 2.05) is 44.2 Å². The van der Waals surface area contributed by atoms with Gasteiger partial charge in [-0.2, -0.15) is 0 Å². The molecule has 3 heteroatoms. The Balaban J connectivity index is 2.13. The quantitative estimate of drug-likeness (QED) is 0.830. The highest BCUT2D eigenvalue weighted by atomic mass is 16.5. The minimum absolute atomic E-state index is 0.329. The maximum Gasteiger partial charge on any atom is 0.407 e. The summed E-state index contributed by atoms with van der Waals surface area (Å²) in [5, 5.41) is 2.71. The van der Waals surface area contributed by atoms with E-state index < -0.39 is 0 Å². The second-order valence-electron chi connectivity index (χ2n) is 4.15. The van der Waals surface area contributed by atoms with Gasteiger partial charge in [-0.15, -0.1) is 0 Å². The molecule has 0 aromatic heterocycles. The van der Waals surface area contributed by atoms with Crippen LogP contribution in [0.2, 0.25) is 0 Å². The molecule has 0 aliphatic heterocycles. The van der Waals surface area contributed by atoms with Crippen LogP contribution in [0.15, 0.2) is 30.3 Å². The Morgan fingerprint density at radius 2 is 2.00 bits per heavy atom. The van der Waals surface area contributed by atoms with E-state index in [0.717, 1.165) is 6.42 Å². The molecule has 0 unspecified atom stereocenters. The SMILES string of the molecule is CC(C)CNC(=O)OCCc1ccccc1. The van der Waals surface area contributed by atoms with E-state index in [0.29, 0.717) is 19.1 Å². The van der Waals surface area contributed by atoms with Gasteiger partial charge in [0.2, 0.25) is 0 Å². The molecule has 1 aromatic carbocycles. The molecular formula is C13H19NO2. The van der Waals surface area contributed by atoms with Gasteiger partial charge in [-0.05, 0) is 11.5 Å². The first-order chi connectivity index (χ1) is 7.68. The molecule has 0 saturated heterocycles. The zero-order valence-corrected chi connectivity index (χ0v) is 9.90. The molecule has 1 amide bonds. The van der Waals surface area contributed by atoms with Crippen LogP contribution in [0.5, 0.6) is 0 Å². The highest BCUT2D eigenvalue weighted by molar-refractivity contribution is 5.67. The van der Waals surface area contributed by atoms with E-state index in [9.17, 15) is 4.79 Å². The van der Waals surface area contributed by atoms with Gasteiger partial charge in [-0.25, -0.2) is 4.79 Å². The standard InChI is InChI=1S/C13H19NO2/c1-11(2)10-14-13(15)16-9-8-12-6-4-3-5-7-12/h3-7,11H,8-10H2,1-2H3,(H,14,15). The summed E-state index contributed by atoms with van der Waals surface area (Å²) < 4.78 is 5.05. The Hall–Kier alpha value is -1.51. The van der Waals surface area contributed by atoms with E-state index in [-0.39, 0.29) is 6.09 Å². The first-order valence-corrected chi connectivity index (χ1v) is 5.63. The molecule has 88 valence electrons. The summed E-state index contributed by atoms with van der Waals surface area (Å²) in [6.45, 7) is 5.17. The van der Waals surface area contributed by atoms with Gasteiger partial charge in [0.1, 0.15) is 0 Å². The average Bonchev–Trinajstić information content (AvgIpc) is 2.28. The fourth-order valence-corrected chi connectivity index (χ4v) is 1.24. The molecule has 0 saturated carbocycles. The molecule has 1 N–H and O–H groups in total. The summed E-state index contributed by atoms with van der Waals surface area (Å²) >= 11 is 0. The smallest absolute Gasteiger partial charge is 0.407 e. The van der Waals surface area contributed by atoms with E-state index in [4.69, 9.17) is 4.74 Å². The van der Waals surface area contributed by atoms with Gasteiger partial charge in [0, 0.05) is 13.0 Å². The maximum absolute atomic E-state index is 11.2. The number of ether oxygens (including phenoxy) is 1. The molecule has 0 aliphatic carbocycles. The summed E-state index contributed by atoms with van der Waals surface area (Å²) in [4.78, 5) is 11.2. The third-order valence-corrected chi connectivity index (χ3v) is 2.12. The molecule has 0 spiro atoms. The minimum Gasteiger partial charge on any atom is -0.449 e. The predicted molar refractivity (Wildman–Crippen MR) is 64.3 cm³/mol. The normalized spacial score (nSPS) is 10.2. The average molecular weight is 221 g/mol. The van der Waals surface area contributed by atoms with Gasteiger partial charge in [-0.3, -0.25) is 0 Å². The molecule has 0 atom stereocenters. The molecule has 0 aliphatic rings. The lowest BCUT2D eigenvalue weighted by molar-refractivity contribution is 0.146. The number of nitrogens with one attached hydrogen (secondary N) is 1. The molecule has 0 heterocycles. The van der Waals surface area contributed by atoms with Gasteiger partial charge in [0.15, 0.2) is 0 Å². The van der Waals surface area contributed by atoms with Crippen molar-refractivity contribution >= 4 is 6.09 Å². The van der Waals surface area contributed by atoms with Gasteiger partial charge >= 0.3 is 6.09 Å². The van der Waals surface area contributed by atoms with Crippen LogP contribution in [-0.4, -0.2) is 19.2 Å². The third-order valence-electron chi connectivity index (χ3n) is 2.12. The van der Waals surface area contributed by atoms with Crippen LogP contribution >= 0.6 is 0 Å². The number of amides is 1. The van der Waals surface area contributed by atoms with Crippen LogP contribution in [0, 0.1) is 5.92 Å². The lowest BCUT2D eigenvalue weighted by Gasteiger charge is -2.08. The van der Waals surface area contributed by atoms with Crippen molar-refractivity contribution in [1.82, 2.24) is 5.32 Å². The van der Waals surface area contributed by atoms with E-state index in [1.165, 1.54) is 5.56 Å². The number of carbonyl (C=O) groups is 1. The monoisotopic (exact) mass is 221 g/mol. The van der Waals surface area contributed by atoms with Crippen molar-refractivity contribution in [1.29, 1.82) is 0 Å². The molecule has 16 heavy (non-hydrogen) atoms.